The number of benzene rings is 2. The van der Waals surface area contributed by atoms with E-state index in [2.05, 4.69) is 0 Å². The van der Waals surface area contributed by atoms with E-state index in [0.717, 1.165) is 15.9 Å². The zero-order valence-corrected chi connectivity index (χ0v) is 18.6. The van der Waals surface area contributed by atoms with E-state index < -0.39 is 49.6 Å². The topological polar surface area (TPSA) is 124 Å². The molecule has 1 aliphatic heterocycles. The second-order valence-corrected chi connectivity index (χ2v) is 9.96. The van der Waals surface area contributed by atoms with Crippen molar-refractivity contribution >= 4 is 27.5 Å². The summed E-state index contributed by atoms with van der Waals surface area (Å²) in [6.07, 6.45) is 0.737. The highest BCUT2D eigenvalue weighted by Crippen LogP contribution is 2.41. The van der Waals surface area contributed by atoms with E-state index in [9.17, 15) is 28.1 Å². The number of ether oxygens (including phenoxy) is 1. The average molecular weight is 471 g/mol. The fourth-order valence-electron chi connectivity index (χ4n) is 4.55. The summed E-state index contributed by atoms with van der Waals surface area (Å²) in [4.78, 5) is 34.5. The van der Waals surface area contributed by atoms with Crippen LogP contribution in [0, 0.1) is 16.0 Å². The molecule has 0 N–H and O–H groups in total. The molecule has 0 unspecified atom stereocenters. The number of allylic oxidation sites excluding steroid dienone is 1. The van der Waals surface area contributed by atoms with Crippen LogP contribution < -0.4 is 0 Å². The molecular formula is C23H22N2O7S. The lowest BCUT2D eigenvalue weighted by molar-refractivity contribution is -0.387. The normalized spacial score (nSPS) is 23.0. The number of fused-ring (bicyclic) bond motifs is 1. The lowest BCUT2D eigenvalue weighted by Gasteiger charge is -2.43. The average Bonchev–Trinajstić information content (AvgIpc) is 3.15. The molecule has 0 amide bonds. The molecule has 0 radical (unpaired) electrons. The van der Waals surface area contributed by atoms with Gasteiger partial charge in [0.2, 0.25) is 10.0 Å². The van der Waals surface area contributed by atoms with E-state index >= 15 is 0 Å². The number of carbonyl (C=O) groups excluding carboxylic acids is 2. The first kappa shape index (κ1) is 22.8. The Hall–Kier alpha value is -3.37. The Balaban J connectivity index is 1.85. The van der Waals surface area contributed by atoms with Crippen LogP contribution in [0.2, 0.25) is 0 Å². The second kappa shape index (κ2) is 8.87. The van der Waals surface area contributed by atoms with Crippen molar-refractivity contribution in [1.82, 2.24) is 4.31 Å². The number of nitro benzene ring substituents is 1. The maximum absolute atomic E-state index is 13.8. The Kier molecular flexibility index (Phi) is 6.13. The molecule has 0 spiro atoms. The van der Waals surface area contributed by atoms with Crippen molar-refractivity contribution in [2.75, 3.05) is 6.54 Å². The Morgan fingerprint density at radius 1 is 1.15 bits per heavy atom. The Morgan fingerprint density at radius 2 is 1.82 bits per heavy atom. The van der Waals surface area contributed by atoms with Crippen LogP contribution in [0.1, 0.15) is 18.9 Å². The van der Waals surface area contributed by atoms with Gasteiger partial charge in [0, 0.05) is 31.9 Å². The molecular weight excluding hydrogens is 448 g/mol. The fraction of sp³-hybridized carbons (Fsp3) is 0.304. The number of esters is 1. The van der Waals surface area contributed by atoms with Crippen LogP contribution in [0.3, 0.4) is 0 Å². The second-order valence-electron chi connectivity index (χ2n) is 8.10. The SMILES string of the molecule is CC(=O)O[C@H]1C2=CC(=O)C[C@@H]2CN(S(=O)(=O)c2ccccc2[N+](=O)[O-])[C@@H]1Cc1ccccc1. The Labute approximate surface area is 190 Å². The minimum absolute atomic E-state index is 0.0405. The van der Waals surface area contributed by atoms with E-state index in [-0.39, 0.29) is 25.2 Å². The number of sulfonamides is 1. The summed E-state index contributed by atoms with van der Waals surface area (Å²) in [6.45, 7) is 1.18. The molecule has 1 fully saturated rings. The molecule has 0 bridgehead atoms. The van der Waals surface area contributed by atoms with Gasteiger partial charge in [0.1, 0.15) is 6.10 Å². The first-order valence-corrected chi connectivity index (χ1v) is 11.8. The minimum atomic E-state index is -4.37. The predicted molar refractivity (Wildman–Crippen MR) is 118 cm³/mol. The van der Waals surface area contributed by atoms with Gasteiger partial charge in [-0.15, -0.1) is 0 Å². The third-order valence-corrected chi connectivity index (χ3v) is 7.86. The number of rotatable bonds is 6. The standard InChI is InChI=1S/C23H22N2O7S/c1-15(26)32-23-19-13-18(27)12-17(19)14-24(21(23)11-16-7-3-2-4-8-16)33(30,31)22-10-6-5-9-20(22)25(28)29/h2-10,13,17,21,23H,11-12,14H2,1H3/t17-,21-,23+/m1/s1. The lowest BCUT2D eigenvalue weighted by Crippen LogP contribution is -2.56. The quantitative estimate of drug-likeness (QED) is 0.361. The predicted octanol–water partition coefficient (Wildman–Crippen LogP) is 2.66. The molecule has 1 heterocycles. The number of carbonyl (C=O) groups is 2. The summed E-state index contributed by atoms with van der Waals surface area (Å²) in [5.41, 5.74) is 0.847. The lowest BCUT2D eigenvalue weighted by atomic mass is 9.85. The summed E-state index contributed by atoms with van der Waals surface area (Å²) in [5.74, 6) is -1.25. The van der Waals surface area contributed by atoms with Crippen molar-refractivity contribution in [2.24, 2.45) is 5.92 Å². The summed E-state index contributed by atoms with van der Waals surface area (Å²) < 4.78 is 34.3. The molecule has 1 saturated heterocycles. The smallest absolute Gasteiger partial charge is 0.303 e. The number of ketones is 1. The van der Waals surface area contributed by atoms with Gasteiger partial charge in [-0.1, -0.05) is 42.5 Å². The Bertz CT molecular complexity index is 1240. The largest absolute Gasteiger partial charge is 0.456 e. The third kappa shape index (κ3) is 4.44. The minimum Gasteiger partial charge on any atom is -0.456 e. The molecule has 2 aliphatic rings. The van der Waals surface area contributed by atoms with Gasteiger partial charge in [-0.25, -0.2) is 8.42 Å². The highest BCUT2D eigenvalue weighted by molar-refractivity contribution is 7.89. The van der Waals surface area contributed by atoms with Crippen LogP contribution in [0.5, 0.6) is 0 Å². The number of nitrogens with zero attached hydrogens (tertiary/aromatic N) is 2. The van der Waals surface area contributed by atoms with Crippen LogP contribution in [0.4, 0.5) is 5.69 Å². The van der Waals surface area contributed by atoms with E-state index in [0.29, 0.717) is 5.57 Å². The molecule has 33 heavy (non-hydrogen) atoms. The third-order valence-electron chi connectivity index (χ3n) is 5.92. The molecule has 4 rings (SSSR count). The van der Waals surface area contributed by atoms with Crippen molar-refractivity contribution in [1.29, 1.82) is 0 Å². The van der Waals surface area contributed by atoms with Gasteiger partial charge >= 0.3 is 5.97 Å². The van der Waals surface area contributed by atoms with Gasteiger partial charge in [-0.3, -0.25) is 19.7 Å². The number of para-hydroxylation sites is 1. The van der Waals surface area contributed by atoms with Crippen molar-refractivity contribution in [3.05, 3.63) is 81.9 Å². The maximum Gasteiger partial charge on any atom is 0.303 e. The summed E-state index contributed by atoms with van der Waals surface area (Å²) >= 11 is 0. The maximum atomic E-state index is 13.8. The number of hydrogen-bond donors (Lipinski definition) is 0. The summed E-state index contributed by atoms with van der Waals surface area (Å²) in [5, 5.41) is 11.6. The molecule has 172 valence electrons. The van der Waals surface area contributed by atoms with Gasteiger partial charge in [0.05, 0.1) is 11.0 Å². The molecule has 2 aromatic rings. The van der Waals surface area contributed by atoms with Crippen molar-refractivity contribution in [3.63, 3.8) is 0 Å². The van der Waals surface area contributed by atoms with Crippen LogP contribution in [0.25, 0.3) is 0 Å². The van der Waals surface area contributed by atoms with Crippen LogP contribution in [-0.4, -0.2) is 48.1 Å². The van der Waals surface area contributed by atoms with Gasteiger partial charge in [-0.05, 0) is 29.7 Å². The summed E-state index contributed by atoms with van der Waals surface area (Å²) in [6, 6.07) is 13.3. The fourth-order valence-corrected chi connectivity index (χ4v) is 6.38. The molecule has 9 nitrogen and oxygen atoms in total. The first-order valence-electron chi connectivity index (χ1n) is 10.4. The number of nitro groups is 1. The van der Waals surface area contributed by atoms with E-state index in [1.807, 2.05) is 18.2 Å². The first-order chi connectivity index (χ1) is 15.7. The van der Waals surface area contributed by atoms with Gasteiger partial charge in [-0.2, -0.15) is 4.31 Å². The molecule has 10 heteroatoms. The van der Waals surface area contributed by atoms with Crippen molar-refractivity contribution in [2.45, 2.75) is 36.8 Å². The van der Waals surface area contributed by atoms with Crippen LogP contribution in [-0.2, 0) is 30.8 Å². The highest BCUT2D eigenvalue weighted by atomic mass is 32.2. The number of piperidine rings is 1. The van der Waals surface area contributed by atoms with Crippen molar-refractivity contribution in [3.8, 4) is 0 Å². The molecule has 0 saturated carbocycles. The zero-order valence-electron chi connectivity index (χ0n) is 17.8. The van der Waals surface area contributed by atoms with Crippen LogP contribution >= 0.6 is 0 Å². The van der Waals surface area contributed by atoms with E-state index in [1.54, 1.807) is 12.1 Å². The number of hydrogen-bond acceptors (Lipinski definition) is 7. The Morgan fingerprint density at radius 3 is 2.48 bits per heavy atom. The van der Waals surface area contributed by atoms with Crippen LogP contribution in [0.15, 0.2) is 71.1 Å². The van der Waals surface area contributed by atoms with Crippen molar-refractivity contribution < 1.29 is 27.7 Å². The molecule has 0 aromatic heterocycles. The monoisotopic (exact) mass is 470 g/mol. The molecule has 1 aliphatic carbocycles. The molecule has 2 aromatic carbocycles. The highest BCUT2D eigenvalue weighted by Gasteiger charge is 2.50. The van der Waals surface area contributed by atoms with Gasteiger partial charge < -0.3 is 4.74 Å². The van der Waals surface area contributed by atoms with E-state index in [4.69, 9.17) is 4.74 Å². The summed E-state index contributed by atoms with van der Waals surface area (Å²) in [7, 11) is -4.37. The molecule has 3 atom stereocenters. The zero-order chi connectivity index (χ0) is 23.8. The van der Waals surface area contributed by atoms with Gasteiger partial charge in [0.25, 0.3) is 5.69 Å². The van der Waals surface area contributed by atoms with Gasteiger partial charge in [0.15, 0.2) is 10.7 Å². The van der Waals surface area contributed by atoms with E-state index in [1.165, 1.54) is 31.2 Å².